The molecule has 2 rings (SSSR count). The number of rotatable bonds is 6. The maximum atomic E-state index is 6.02. The third-order valence-corrected chi connectivity index (χ3v) is 2.92. The van der Waals surface area contributed by atoms with E-state index in [0.29, 0.717) is 0 Å². The van der Waals surface area contributed by atoms with Crippen LogP contribution in [0.1, 0.15) is 13.3 Å². The van der Waals surface area contributed by atoms with Crippen LogP contribution in [0.5, 0.6) is 0 Å². The molecule has 0 aliphatic rings. The van der Waals surface area contributed by atoms with Crippen LogP contribution in [0.2, 0.25) is 5.02 Å². The Morgan fingerprint density at radius 3 is 3.06 bits per heavy atom. The van der Waals surface area contributed by atoms with E-state index >= 15 is 0 Å². The SMILES string of the molecule is CCOCCCNc1ccnc2ccc(Cl)cc12. The van der Waals surface area contributed by atoms with E-state index in [9.17, 15) is 0 Å². The van der Waals surface area contributed by atoms with Crippen molar-refractivity contribution in [3.8, 4) is 0 Å². The quantitative estimate of drug-likeness (QED) is 0.808. The lowest BCUT2D eigenvalue weighted by atomic mass is 10.2. The predicted octanol–water partition coefficient (Wildman–Crippen LogP) is 3.73. The first-order valence-electron chi connectivity index (χ1n) is 6.17. The fraction of sp³-hybridized carbons (Fsp3) is 0.357. The van der Waals surface area contributed by atoms with Crippen molar-refractivity contribution in [1.29, 1.82) is 0 Å². The Labute approximate surface area is 112 Å². The number of nitrogens with zero attached hydrogens (tertiary/aromatic N) is 1. The van der Waals surface area contributed by atoms with Gasteiger partial charge in [-0.05, 0) is 37.6 Å². The molecular weight excluding hydrogens is 248 g/mol. The summed E-state index contributed by atoms with van der Waals surface area (Å²) < 4.78 is 5.30. The molecule has 0 aliphatic heterocycles. The van der Waals surface area contributed by atoms with Gasteiger partial charge in [-0.3, -0.25) is 4.98 Å². The second-order valence-electron chi connectivity index (χ2n) is 4.00. The molecule has 96 valence electrons. The van der Waals surface area contributed by atoms with E-state index in [1.165, 1.54) is 0 Å². The fourth-order valence-electron chi connectivity index (χ4n) is 1.81. The van der Waals surface area contributed by atoms with E-state index in [1.54, 1.807) is 6.20 Å². The number of anilines is 1. The van der Waals surface area contributed by atoms with Gasteiger partial charge in [-0.2, -0.15) is 0 Å². The van der Waals surface area contributed by atoms with E-state index in [-0.39, 0.29) is 0 Å². The lowest BCUT2D eigenvalue weighted by molar-refractivity contribution is 0.147. The minimum absolute atomic E-state index is 0.730. The number of hydrogen-bond acceptors (Lipinski definition) is 3. The van der Waals surface area contributed by atoms with Gasteiger partial charge >= 0.3 is 0 Å². The minimum Gasteiger partial charge on any atom is -0.384 e. The molecule has 0 spiro atoms. The lowest BCUT2D eigenvalue weighted by Crippen LogP contribution is -2.06. The van der Waals surface area contributed by atoms with Crippen molar-refractivity contribution in [3.05, 3.63) is 35.5 Å². The zero-order valence-electron chi connectivity index (χ0n) is 10.4. The highest BCUT2D eigenvalue weighted by molar-refractivity contribution is 6.31. The van der Waals surface area contributed by atoms with E-state index < -0.39 is 0 Å². The average Bonchev–Trinajstić information content (AvgIpc) is 2.39. The highest BCUT2D eigenvalue weighted by Crippen LogP contribution is 2.24. The molecule has 0 amide bonds. The van der Waals surface area contributed by atoms with Gasteiger partial charge in [0.1, 0.15) is 0 Å². The van der Waals surface area contributed by atoms with E-state index in [0.717, 1.165) is 47.8 Å². The first-order valence-corrected chi connectivity index (χ1v) is 6.55. The van der Waals surface area contributed by atoms with Gasteiger partial charge in [-0.15, -0.1) is 0 Å². The summed E-state index contributed by atoms with van der Waals surface area (Å²) in [4.78, 5) is 4.32. The van der Waals surface area contributed by atoms with Gasteiger partial charge in [0.15, 0.2) is 0 Å². The summed E-state index contributed by atoms with van der Waals surface area (Å²) in [6, 6.07) is 7.70. The molecule has 18 heavy (non-hydrogen) atoms. The molecule has 0 saturated heterocycles. The molecule has 3 nitrogen and oxygen atoms in total. The number of halogens is 1. The van der Waals surface area contributed by atoms with Crippen LogP contribution in [-0.2, 0) is 4.74 Å². The highest BCUT2D eigenvalue weighted by atomic mass is 35.5. The smallest absolute Gasteiger partial charge is 0.0723 e. The number of pyridine rings is 1. The van der Waals surface area contributed by atoms with Crippen LogP contribution in [0.3, 0.4) is 0 Å². The first kappa shape index (κ1) is 13.1. The van der Waals surface area contributed by atoms with Gasteiger partial charge in [0.2, 0.25) is 0 Å². The van der Waals surface area contributed by atoms with Crippen molar-refractivity contribution in [2.24, 2.45) is 0 Å². The van der Waals surface area contributed by atoms with Crippen LogP contribution in [0.15, 0.2) is 30.5 Å². The maximum absolute atomic E-state index is 6.02. The van der Waals surface area contributed by atoms with Gasteiger partial charge < -0.3 is 10.1 Å². The van der Waals surface area contributed by atoms with Crippen LogP contribution in [-0.4, -0.2) is 24.7 Å². The standard InChI is InChI=1S/C14H17ClN2O/c1-2-18-9-3-7-16-14-6-8-17-13-5-4-11(15)10-12(13)14/h4-6,8,10H,2-3,7,9H2,1H3,(H,16,17). The number of nitrogens with one attached hydrogen (secondary N) is 1. The molecular formula is C14H17ClN2O. The van der Waals surface area contributed by atoms with Crippen molar-refractivity contribution in [3.63, 3.8) is 0 Å². The average molecular weight is 265 g/mol. The highest BCUT2D eigenvalue weighted by Gasteiger charge is 2.02. The van der Waals surface area contributed by atoms with Crippen molar-refractivity contribution < 1.29 is 4.74 Å². The Morgan fingerprint density at radius 2 is 2.22 bits per heavy atom. The van der Waals surface area contributed by atoms with Crippen molar-refractivity contribution in [2.75, 3.05) is 25.1 Å². The fourth-order valence-corrected chi connectivity index (χ4v) is 1.99. The molecule has 1 aromatic carbocycles. The second kappa shape index (κ2) is 6.57. The molecule has 2 aromatic rings. The van der Waals surface area contributed by atoms with Gasteiger partial charge in [0, 0.05) is 42.1 Å². The van der Waals surface area contributed by atoms with Crippen molar-refractivity contribution in [1.82, 2.24) is 4.98 Å². The van der Waals surface area contributed by atoms with Crippen molar-refractivity contribution in [2.45, 2.75) is 13.3 Å². The molecule has 1 aromatic heterocycles. The zero-order valence-corrected chi connectivity index (χ0v) is 11.2. The summed E-state index contributed by atoms with van der Waals surface area (Å²) in [6.45, 7) is 4.44. The van der Waals surface area contributed by atoms with Gasteiger partial charge in [-0.25, -0.2) is 0 Å². The Bertz CT molecular complexity index is 516. The second-order valence-corrected chi connectivity index (χ2v) is 4.43. The third-order valence-electron chi connectivity index (χ3n) is 2.69. The maximum Gasteiger partial charge on any atom is 0.0723 e. The Morgan fingerprint density at radius 1 is 1.33 bits per heavy atom. The van der Waals surface area contributed by atoms with Crippen LogP contribution in [0.4, 0.5) is 5.69 Å². The number of fused-ring (bicyclic) bond motifs is 1. The molecule has 0 atom stereocenters. The van der Waals surface area contributed by atoms with Gasteiger partial charge in [0.25, 0.3) is 0 Å². The van der Waals surface area contributed by atoms with E-state index in [2.05, 4.69) is 10.3 Å². The first-order chi connectivity index (χ1) is 8.81. The van der Waals surface area contributed by atoms with Gasteiger partial charge in [-0.1, -0.05) is 11.6 Å². The summed E-state index contributed by atoms with van der Waals surface area (Å²) in [5.74, 6) is 0. The Kier molecular flexibility index (Phi) is 4.79. The lowest BCUT2D eigenvalue weighted by Gasteiger charge is -2.09. The summed E-state index contributed by atoms with van der Waals surface area (Å²) >= 11 is 6.02. The summed E-state index contributed by atoms with van der Waals surface area (Å²) in [5, 5.41) is 5.18. The van der Waals surface area contributed by atoms with Crippen molar-refractivity contribution >= 4 is 28.2 Å². The topological polar surface area (TPSA) is 34.1 Å². The monoisotopic (exact) mass is 264 g/mol. The zero-order chi connectivity index (χ0) is 12.8. The molecule has 0 radical (unpaired) electrons. The normalized spacial score (nSPS) is 10.8. The number of benzene rings is 1. The summed E-state index contributed by atoms with van der Waals surface area (Å²) in [5.41, 5.74) is 2.02. The largest absolute Gasteiger partial charge is 0.384 e. The number of aromatic nitrogens is 1. The molecule has 0 aliphatic carbocycles. The number of ether oxygens (including phenoxy) is 1. The Balaban J connectivity index is 2.05. The third kappa shape index (κ3) is 3.34. The molecule has 0 bridgehead atoms. The van der Waals surface area contributed by atoms with Crippen LogP contribution >= 0.6 is 11.6 Å². The van der Waals surface area contributed by atoms with Crippen LogP contribution in [0, 0.1) is 0 Å². The van der Waals surface area contributed by atoms with Crippen LogP contribution < -0.4 is 5.32 Å². The summed E-state index contributed by atoms with van der Waals surface area (Å²) in [7, 11) is 0. The molecule has 1 heterocycles. The number of hydrogen-bond donors (Lipinski definition) is 1. The molecule has 0 fully saturated rings. The molecule has 4 heteroatoms. The molecule has 1 N–H and O–H groups in total. The van der Waals surface area contributed by atoms with Crippen LogP contribution in [0.25, 0.3) is 10.9 Å². The Hall–Kier alpha value is -1.32. The molecule has 0 saturated carbocycles. The van der Waals surface area contributed by atoms with E-state index in [4.69, 9.17) is 16.3 Å². The van der Waals surface area contributed by atoms with E-state index in [1.807, 2.05) is 31.2 Å². The minimum atomic E-state index is 0.730. The van der Waals surface area contributed by atoms with Gasteiger partial charge in [0.05, 0.1) is 5.52 Å². The predicted molar refractivity (Wildman–Crippen MR) is 76.4 cm³/mol. The molecule has 0 unspecified atom stereocenters. The summed E-state index contributed by atoms with van der Waals surface area (Å²) in [6.07, 6.45) is 2.79.